The molecule has 0 fully saturated rings. The number of amides is 1. The van der Waals surface area contributed by atoms with Crippen molar-refractivity contribution in [3.63, 3.8) is 0 Å². The van der Waals surface area contributed by atoms with Crippen LogP contribution in [0.3, 0.4) is 0 Å². The van der Waals surface area contributed by atoms with Crippen LogP contribution in [0.2, 0.25) is 5.02 Å². The zero-order valence-electron chi connectivity index (χ0n) is 12.2. The van der Waals surface area contributed by atoms with Gasteiger partial charge in [-0.25, -0.2) is 0 Å². The van der Waals surface area contributed by atoms with Crippen molar-refractivity contribution in [1.29, 1.82) is 0 Å². The van der Waals surface area contributed by atoms with Crippen LogP contribution in [-0.2, 0) is 0 Å². The van der Waals surface area contributed by atoms with Crippen molar-refractivity contribution in [1.82, 2.24) is 4.98 Å². The number of para-hydroxylation sites is 1. The molecule has 2 aromatic carbocycles. The second kappa shape index (κ2) is 6.94. The van der Waals surface area contributed by atoms with Gasteiger partial charge in [0.15, 0.2) is 0 Å². The number of carbonyl (C=O) groups is 1. The maximum absolute atomic E-state index is 12.3. The minimum absolute atomic E-state index is 0.239. The molecule has 114 valence electrons. The molecular weight excluding hydrogens is 310 g/mol. The Labute approximate surface area is 139 Å². The number of hydrogen-bond donors (Lipinski definition) is 2. The van der Waals surface area contributed by atoms with Crippen LogP contribution in [0.1, 0.15) is 10.4 Å². The van der Waals surface area contributed by atoms with Crippen LogP contribution in [-0.4, -0.2) is 10.9 Å². The maximum Gasteiger partial charge on any atom is 0.257 e. The summed E-state index contributed by atoms with van der Waals surface area (Å²) in [6.07, 6.45) is 3.19. The summed E-state index contributed by atoms with van der Waals surface area (Å²) < 4.78 is 0. The molecule has 1 amide bonds. The van der Waals surface area contributed by atoms with Gasteiger partial charge in [0.1, 0.15) is 0 Å². The minimum Gasteiger partial charge on any atom is -0.354 e. The van der Waals surface area contributed by atoms with Gasteiger partial charge in [-0.2, -0.15) is 0 Å². The highest BCUT2D eigenvalue weighted by Gasteiger charge is 2.08. The summed E-state index contributed by atoms with van der Waals surface area (Å²) in [7, 11) is 0. The van der Waals surface area contributed by atoms with Crippen molar-refractivity contribution in [2.75, 3.05) is 10.6 Å². The molecule has 1 aromatic heterocycles. The van der Waals surface area contributed by atoms with E-state index in [1.54, 1.807) is 36.5 Å². The molecule has 0 bridgehead atoms. The van der Waals surface area contributed by atoms with E-state index in [1.807, 2.05) is 30.3 Å². The smallest absolute Gasteiger partial charge is 0.257 e. The molecule has 0 unspecified atom stereocenters. The van der Waals surface area contributed by atoms with Crippen LogP contribution < -0.4 is 10.6 Å². The third-order valence-corrected chi connectivity index (χ3v) is 3.38. The van der Waals surface area contributed by atoms with Crippen molar-refractivity contribution in [3.8, 4) is 0 Å². The number of pyridine rings is 1. The van der Waals surface area contributed by atoms with Gasteiger partial charge in [0.05, 0.1) is 17.4 Å². The van der Waals surface area contributed by atoms with Crippen molar-refractivity contribution in [3.05, 3.63) is 83.6 Å². The first-order valence-corrected chi connectivity index (χ1v) is 7.42. The lowest BCUT2D eigenvalue weighted by molar-refractivity contribution is 0.102. The molecule has 3 aromatic rings. The van der Waals surface area contributed by atoms with E-state index in [4.69, 9.17) is 11.6 Å². The molecule has 0 spiro atoms. The average molecular weight is 324 g/mol. The van der Waals surface area contributed by atoms with Crippen molar-refractivity contribution in [2.24, 2.45) is 0 Å². The molecule has 4 nitrogen and oxygen atoms in total. The predicted octanol–water partition coefficient (Wildman–Crippen LogP) is 4.73. The molecule has 1 heterocycles. The van der Waals surface area contributed by atoms with Crippen LogP contribution in [0.5, 0.6) is 0 Å². The first-order chi connectivity index (χ1) is 11.2. The number of rotatable bonds is 4. The highest BCUT2D eigenvalue weighted by molar-refractivity contribution is 6.30. The average Bonchev–Trinajstić information content (AvgIpc) is 2.56. The first-order valence-electron chi connectivity index (χ1n) is 7.05. The lowest BCUT2D eigenvalue weighted by Crippen LogP contribution is -2.12. The minimum atomic E-state index is -0.239. The molecular formula is C18H14ClN3O. The SMILES string of the molecule is O=C(Nc1cccc(Cl)c1)c1cncc(Nc2ccccc2)c1. The topological polar surface area (TPSA) is 54.0 Å². The highest BCUT2D eigenvalue weighted by Crippen LogP contribution is 2.18. The van der Waals surface area contributed by atoms with E-state index in [2.05, 4.69) is 15.6 Å². The van der Waals surface area contributed by atoms with E-state index in [0.29, 0.717) is 16.3 Å². The van der Waals surface area contributed by atoms with Gasteiger partial charge in [-0.05, 0) is 36.4 Å². The van der Waals surface area contributed by atoms with Crippen LogP contribution in [0.15, 0.2) is 73.1 Å². The summed E-state index contributed by atoms with van der Waals surface area (Å²) in [6.45, 7) is 0. The normalized spacial score (nSPS) is 10.1. The molecule has 0 aliphatic carbocycles. The monoisotopic (exact) mass is 323 g/mol. The van der Waals surface area contributed by atoms with Gasteiger partial charge in [0.25, 0.3) is 5.91 Å². The maximum atomic E-state index is 12.3. The van der Waals surface area contributed by atoms with Gasteiger partial charge in [0.2, 0.25) is 0 Å². The standard InChI is InChI=1S/C18H14ClN3O/c19-14-5-4-8-16(10-14)22-18(23)13-9-17(12-20-11-13)21-15-6-2-1-3-7-15/h1-12,21H,(H,22,23). The van der Waals surface area contributed by atoms with Crippen molar-refractivity contribution >= 4 is 34.6 Å². The lowest BCUT2D eigenvalue weighted by Gasteiger charge is -2.09. The second-order valence-electron chi connectivity index (χ2n) is 4.92. The van der Waals surface area contributed by atoms with Gasteiger partial charge >= 0.3 is 0 Å². The summed E-state index contributed by atoms with van der Waals surface area (Å²) in [5.41, 5.74) is 2.78. The fourth-order valence-corrected chi connectivity index (χ4v) is 2.28. The molecule has 3 rings (SSSR count). The molecule has 0 aliphatic rings. The molecule has 0 aliphatic heterocycles. The van der Waals surface area contributed by atoms with Gasteiger partial charge in [-0.15, -0.1) is 0 Å². The predicted molar refractivity (Wildman–Crippen MR) is 93.4 cm³/mol. The summed E-state index contributed by atoms with van der Waals surface area (Å²) in [6, 6.07) is 18.5. The quantitative estimate of drug-likeness (QED) is 0.729. The van der Waals surface area contributed by atoms with E-state index >= 15 is 0 Å². The molecule has 0 atom stereocenters. The van der Waals surface area contributed by atoms with Gasteiger partial charge in [0, 0.05) is 22.6 Å². The van der Waals surface area contributed by atoms with Crippen LogP contribution in [0.25, 0.3) is 0 Å². The summed E-state index contributed by atoms with van der Waals surface area (Å²) in [4.78, 5) is 16.4. The summed E-state index contributed by atoms with van der Waals surface area (Å²) in [5, 5.41) is 6.58. The highest BCUT2D eigenvalue weighted by atomic mass is 35.5. The molecule has 0 radical (unpaired) electrons. The first kappa shape index (κ1) is 15.1. The lowest BCUT2D eigenvalue weighted by atomic mass is 10.2. The molecule has 23 heavy (non-hydrogen) atoms. The second-order valence-corrected chi connectivity index (χ2v) is 5.35. The Hall–Kier alpha value is -2.85. The van der Waals surface area contributed by atoms with Crippen molar-refractivity contribution < 1.29 is 4.79 Å². The Morgan fingerprint density at radius 1 is 0.870 bits per heavy atom. The zero-order chi connectivity index (χ0) is 16.1. The van der Waals surface area contributed by atoms with Gasteiger partial charge in [-0.1, -0.05) is 35.9 Å². The third-order valence-electron chi connectivity index (χ3n) is 3.15. The van der Waals surface area contributed by atoms with Gasteiger partial charge < -0.3 is 10.6 Å². The zero-order valence-corrected chi connectivity index (χ0v) is 12.9. The van der Waals surface area contributed by atoms with E-state index in [9.17, 15) is 4.79 Å². The Kier molecular flexibility index (Phi) is 4.54. The number of aromatic nitrogens is 1. The van der Waals surface area contributed by atoms with Crippen molar-refractivity contribution in [2.45, 2.75) is 0 Å². The van der Waals surface area contributed by atoms with E-state index in [1.165, 1.54) is 6.20 Å². The fourth-order valence-electron chi connectivity index (χ4n) is 2.09. The van der Waals surface area contributed by atoms with E-state index in [0.717, 1.165) is 11.4 Å². The van der Waals surface area contributed by atoms with E-state index in [-0.39, 0.29) is 5.91 Å². The number of nitrogens with zero attached hydrogens (tertiary/aromatic N) is 1. The van der Waals surface area contributed by atoms with Crippen LogP contribution >= 0.6 is 11.6 Å². The fraction of sp³-hybridized carbons (Fsp3) is 0. The Bertz CT molecular complexity index is 821. The number of anilines is 3. The molecule has 0 saturated heterocycles. The molecule has 0 saturated carbocycles. The van der Waals surface area contributed by atoms with E-state index < -0.39 is 0 Å². The Morgan fingerprint density at radius 2 is 1.65 bits per heavy atom. The molecule has 2 N–H and O–H groups in total. The largest absolute Gasteiger partial charge is 0.354 e. The van der Waals surface area contributed by atoms with Gasteiger partial charge in [-0.3, -0.25) is 9.78 Å². The summed E-state index contributed by atoms with van der Waals surface area (Å²) in [5.74, 6) is -0.239. The Morgan fingerprint density at radius 3 is 2.43 bits per heavy atom. The Balaban J connectivity index is 1.75. The number of benzene rings is 2. The molecule has 5 heteroatoms. The number of carbonyl (C=O) groups excluding carboxylic acids is 1. The third kappa shape index (κ3) is 4.08. The summed E-state index contributed by atoms with van der Waals surface area (Å²) >= 11 is 5.92. The van der Waals surface area contributed by atoms with Crippen LogP contribution in [0.4, 0.5) is 17.1 Å². The van der Waals surface area contributed by atoms with Crippen LogP contribution in [0, 0.1) is 0 Å². The number of hydrogen-bond acceptors (Lipinski definition) is 3. The number of nitrogens with one attached hydrogen (secondary N) is 2. The number of halogens is 1.